The Morgan fingerprint density at radius 2 is 1.38 bits per heavy atom. The van der Waals surface area contributed by atoms with Crippen molar-refractivity contribution in [1.29, 1.82) is 0 Å². The van der Waals surface area contributed by atoms with Crippen LogP contribution in [0.3, 0.4) is 0 Å². The fraction of sp³-hybridized carbons (Fsp3) is 0.235. The summed E-state index contributed by atoms with van der Waals surface area (Å²) in [6, 6.07) is 32.2. The zero-order valence-electron chi connectivity index (χ0n) is 27.8. The fourth-order valence-corrected chi connectivity index (χ4v) is 8.81. The van der Waals surface area contributed by atoms with E-state index in [1.807, 2.05) is 48.5 Å². The van der Waals surface area contributed by atoms with Crippen molar-refractivity contribution in [1.82, 2.24) is 9.55 Å². The number of ether oxygens (including phenoxy) is 2. The average molecular weight is 785 g/mol. The molecule has 0 saturated carbocycles. The molecule has 6 rings (SSSR count). The summed E-state index contributed by atoms with van der Waals surface area (Å²) in [7, 11) is -17.5. The monoisotopic (exact) mass is 784 g/mol. The topological polar surface area (TPSA) is 223 Å². The van der Waals surface area contributed by atoms with Crippen molar-refractivity contribution in [3.8, 4) is 0 Å². The average Bonchev–Trinajstić information content (AvgIpc) is 3.54. The number of fused-ring (bicyclic) bond motifs is 1. The number of rotatable bonds is 17. The van der Waals surface area contributed by atoms with Crippen LogP contribution in [-0.2, 0) is 60.6 Å². The van der Waals surface area contributed by atoms with Crippen molar-refractivity contribution in [3.05, 3.63) is 143 Å². The maximum Gasteiger partial charge on any atom is 0.351 e. The summed E-state index contributed by atoms with van der Waals surface area (Å²) in [5.74, 6) is 0.320. The molecule has 5 aromatic rings. The molecule has 6 atom stereocenters. The van der Waals surface area contributed by atoms with Crippen LogP contribution in [0.1, 0.15) is 29.3 Å². The van der Waals surface area contributed by atoms with Crippen LogP contribution in [0.5, 0.6) is 0 Å². The molecule has 0 spiro atoms. The summed E-state index contributed by atoms with van der Waals surface area (Å²) < 4.78 is 67.9. The lowest BCUT2D eigenvalue weighted by Crippen LogP contribution is -2.30. The van der Waals surface area contributed by atoms with Gasteiger partial charge in [-0.2, -0.15) is 4.98 Å². The first-order valence-electron chi connectivity index (χ1n) is 16.1. The van der Waals surface area contributed by atoms with Crippen LogP contribution in [0.4, 0.5) is 5.82 Å². The molecule has 1 aliphatic heterocycles. The molecule has 0 aliphatic carbocycles. The smallest absolute Gasteiger partial charge is 0.351 e. The van der Waals surface area contributed by atoms with Crippen LogP contribution >= 0.6 is 23.5 Å². The number of hydrogen-bond donors (Lipinski definition) is 1. The van der Waals surface area contributed by atoms with E-state index in [9.17, 15) is 33.2 Å². The number of nitrogens with zero attached hydrogens (tertiary/aromatic N) is 2. The minimum atomic E-state index is -6.11. The zero-order valence-corrected chi connectivity index (χ0v) is 30.5. The second-order valence-corrected chi connectivity index (χ2v) is 16.3. The zero-order chi connectivity index (χ0) is 37.5. The van der Waals surface area contributed by atoms with Crippen molar-refractivity contribution in [3.63, 3.8) is 0 Å². The SMILES string of the molecule is O=c1nc(NCc2ccccc2)ccn1[C@H]1C[C@@H](OCc2ccccc2)[C@@H](COP(=O)([O-])OP(=O)([O-])OP(=O)([O-])OCc2ccc3ccccc3c2)O1. The van der Waals surface area contributed by atoms with Crippen LogP contribution in [0, 0.1) is 0 Å². The van der Waals surface area contributed by atoms with Gasteiger partial charge in [-0.1, -0.05) is 97.1 Å². The van der Waals surface area contributed by atoms with Crippen LogP contribution in [0.15, 0.2) is 120 Å². The van der Waals surface area contributed by atoms with Crippen molar-refractivity contribution < 1.29 is 55.5 Å². The minimum Gasteiger partial charge on any atom is -0.756 e. The second-order valence-electron chi connectivity index (χ2n) is 11.8. The highest BCUT2D eigenvalue weighted by atomic mass is 31.3. The summed E-state index contributed by atoms with van der Waals surface area (Å²) in [4.78, 5) is 54.4. The number of anilines is 1. The quantitative estimate of drug-likeness (QED) is 0.128. The highest BCUT2D eigenvalue weighted by Crippen LogP contribution is 2.63. The lowest BCUT2D eigenvalue weighted by atomic mass is 10.1. The Morgan fingerprint density at radius 1 is 0.736 bits per heavy atom. The number of benzene rings is 4. The van der Waals surface area contributed by atoms with Gasteiger partial charge in [0, 0.05) is 19.2 Å². The predicted molar refractivity (Wildman–Crippen MR) is 185 cm³/mol. The number of nitrogens with one attached hydrogen (secondary N) is 1. The number of hydrogen-bond acceptors (Lipinski definition) is 15. The van der Waals surface area contributed by atoms with E-state index >= 15 is 0 Å². The molecule has 1 aliphatic rings. The Kier molecular flexibility index (Phi) is 12.5. The Balaban J connectivity index is 1.07. The lowest BCUT2D eigenvalue weighted by molar-refractivity contribution is -0.252. The van der Waals surface area contributed by atoms with E-state index in [0.717, 1.165) is 21.9 Å². The first-order chi connectivity index (χ1) is 25.3. The molecular formula is C34H33N3O13P3-3. The van der Waals surface area contributed by atoms with Crippen molar-refractivity contribution in [2.75, 3.05) is 11.9 Å². The van der Waals surface area contributed by atoms with Gasteiger partial charge in [0.2, 0.25) is 0 Å². The third-order valence-electron chi connectivity index (χ3n) is 7.94. The van der Waals surface area contributed by atoms with Gasteiger partial charge in [-0.3, -0.25) is 18.3 Å². The third-order valence-corrected chi connectivity index (χ3v) is 12.1. The molecular weight excluding hydrogens is 751 g/mol. The summed E-state index contributed by atoms with van der Waals surface area (Å²) in [6.07, 6.45) is -1.48. The molecule has 16 nitrogen and oxygen atoms in total. The van der Waals surface area contributed by atoms with E-state index in [0.29, 0.717) is 17.9 Å². The largest absolute Gasteiger partial charge is 0.756 e. The van der Waals surface area contributed by atoms with E-state index < -0.39 is 60.8 Å². The Morgan fingerprint density at radius 3 is 2.08 bits per heavy atom. The summed E-state index contributed by atoms with van der Waals surface area (Å²) in [6.45, 7) is -0.924. The molecule has 19 heteroatoms. The van der Waals surface area contributed by atoms with Gasteiger partial charge in [-0.25, -0.2) is 13.4 Å². The summed E-state index contributed by atoms with van der Waals surface area (Å²) in [5, 5.41) is 4.72. The number of aromatic nitrogens is 2. The molecule has 3 unspecified atom stereocenters. The van der Waals surface area contributed by atoms with Crippen molar-refractivity contribution in [2.24, 2.45) is 0 Å². The maximum absolute atomic E-state index is 13.0. The standard InChI is InChI=1S/C34H36N3O13P3/c38-34-36-32(35-21-25-9-3-1-4-10-25)17-18-37(34)33-20-30(45-22-26-11-5-2-6-12-26)31(48-33)24-47-52(41,42)50-53(43,44)49-51(39,40)46-23-27-15-16-28-13-7-8-14-29(28)19-27/h1-19,30-31,33H,20-24H2,(H,39,40)(H,41,42)(H,43,44)(H,35,36,38)/p-3/t30-,31-,33-/m1/s1. The highest BCUT2D eigenvalue weighted by molar-refractivity contribution is 7.65. The molecule has 53 heavy (non-hydrogen) atoms. The third kappa shape index (κ3) is 11.3. The molecule has 1 saturated heterocycles. The molecule has 0 bridgehead atoms. The molecule has 2 heterocycles. The van der Waals surface area contributed by atoms with Crippen molar-refractivity contribution >= 4 is 40.1 Å². The fourth-order valence-electron chi connectivity index (χ4n) is 5.45. The molecule has 4 aromatic carbocycles. The number of phosphoric acid groups is 3. The molecule has 1 N–H and O–H groups in total. The van der Waals surface area contributed by atoms with Gasteiger partial charge in [0.1, 0.15) is 18.1 Å². The first kappa shape index (κ1) is 38.9. The van der Waals surface area contributed by atoms with E-state index in [2.05, 4.69) is 23.4 Å². The highest BCUT2D eigenvalue weighted by Gasteiger charge is 2.39. The van der Waals surface area contributed by atoms with Gasteiger partial charge in [-0.05, 0) is 39.6 Å². The van der Waals surface area contributed by atoms with Gasteiger partial charge in [0.15, 0.2) is 0 Å². The predicted octanol–water partition coefficient (Wildman–Crippen LogP) is 4.55. The van der Waals surface area contributed by atoms with Gasteiger partial charge in [0.05, 0.1) is 25.9 Å². The molecule has 1 aromatic heterocycles. The lowest BCUT2D eigenvalue weighted by Gasteiger charge is -2.34. The summed E-state index contributed by atoms with van der Waals surface area (Å²) in [5.41, 5.74) is 1.47. The molecule has 1 fully saturated rings. The van der Waals surface area contributed by atoms with E-state index in [4.69, 9.17) is 14.0 Å². The van der Waals surface area contributed by atoms with E-state index in [1.54, 1.807) is 60.7 Å². The number of phosphoric ester groups is 2. The Labute approximate surface area is 303 Å². The summed E-state index contributed by atoms with van der Waals surface area (Å²) >= 11 is 0. The van der Waals surface area contributed by atoms with Gasteiger partial charge in [0.25, 0.3) is 23.5 Å². The van der Waals surface area contributed by atoms with Gasteiger partial charge >= 0.3 is 5.69 Å². The Hall–Kier alpha value is -3.85. The molecule has 0 amide bonds. The van der Waals surface area contributed by atoms with Gasteiger partial charge < -0.3 is 38.5 Å². The molecule has 280 valence electrons. The second kappa shape index (κ2) is 17.1. The van der Waals surface area contributed by atoms with Crippen LogP contribution < -0.4 is 25.7 Å². The van der Waals surface area contributed by atoms with Crippen molar-refractivity contribution in [2.45, 2.75) is 44.6 Å². The minimum absolute atomic E-state index is 0.0559. The maximum atomic E-state index is 13.0. The van der Waals surface area contributed by atoms with Crippen LogP contribution in [-0.4, -0.2) is 28.4 Å². The molecule has 0 radical (unpaired) electrons. The first-order valence-corrected chi connectivity index (χ1v) is 20.5. The normalized spacial score (nSPS) is 20.7. The van der Waals surface area contributed by atoms with Crippen LogP contribution in [0.25, 0.3) is 10.8 Å². The Bertz CT molecular complexity index is 2210. The van der Waals surface area contributed by atoms with Gasteiger partial charge in [-0.15, -0.1) is 0 Å². The van der Waals surface area contributed by atoms with E-state index in [-0.39, 0.29) is 13.0 Å². The van der Waals surface area contributed by atoms with Crippen LogP contribution in [0.2, 0.25) is 0 Å². The van der Waals surface area contributed by atoms with E-state index in [1.165, 1.54) is 10.8 Å².